The van der Waals surface area contributed by atoms with Crippen LogP contribution in [0.4, 0.5) is 5.69 Å². The van der Waals surface area contributed by atoms with Crippen LogP contribution in [0, 0.1) is 10.1 Å². The summed E-state index contributed by atoms with van der Waals surface area (Å²) in [6, 6.07) is 4.58. The summed E-state index contributed by atoms with van der Waals surface area (Å²) in [7, 11) is 0. The van der Waals surface area contributed by atoms with Crippen LogP contribution in [0.5, 0.6) is 5.75 Å². The van der Waals surface area contributed by atoms with Crippen molar-refractivity contribution in [1.82, 2.24) is 0 Å². The van der Waals surface area contributed by atoms with Gasteiger partial charge in [0.2, 0.25) is 0 Å². The van der Waals surface area contributed by atoms with Crippen LogP contribution >= 0.6 is 0 Å². The maximum absolute atomic E-state index is 10.5. The highest BCUT2D eigenvalue weighted by Gasteiger charge is 2.17. The van der Waals surface area contributed by atoms with E-state index in [1.165, 1.54) is 12.1 Å². The fraction of sp³-hybridized carbons (Fsp3) is 0.200. The Bertz CT molecular complexity index is 412. The average molecular weight is 191 g/mol. The van der Waals surface area contributed by atoms with Crippen LogP contribution in [0.2, 0.25) is 0 Å². The third-order valence-electron chi connectivity index (χ3n) is 2.22. The SMILES string of the molecule is C=C1CCOc2ccc([N+](=O)[O-])cc21. The highest BCUT2D eigenvalue weighted by molar-refractivity contribution is 5.72. The molecule has 1 aliphatic heterocycles. The maximum Gasteiger partial charge on any atom is 0.270 e. The number of hydrogen-bond donors (Lipinski definition) is 0. The van der Waals surface area contributed by atoms with Crippen LogP contribution in [0.15, 0.2) is 24.8 Å². The molecule has 0 bridgehead atoms. The zero-order chi connectivity index (χ0) is 10.1. The van der Waals surface area contributed by atoms with Crippen LogP contribution in [0.3, 0.4) is 0 Å². The van der Waals surface area contributed by atoms with Crippen molar-refractivity contribution >= 4 is 11.3 Å². The lowest BCUT2D eigenvalue weighted by Gasteiger charge is -2.18. The van der Waals surface area contributed by atoms with Crippen LogP contribution in [0.1, 0.15) is 12.0 Å². The van der Waals surface area contributed by atoms with Crippen molar-refractivity contribution in [3.05, 3.63) is 40.5 Å². The molecule has 0 unspecified atom stereocenters. The monoisotopic (exact) mass is 191 g/mol. The molecule has 0 amide bonds. The molecule has 0 N–H and O–H groups in total. The molecule has 72 valence electrons. The molecule has 0 fully saturated rings. The molecule has 0 saturated heterocycles. The van der Waals surface area contributed by atoms with Crippen molar-refractivity contribution in [2.75, 3.05) is 6.61 Å². The Kier molecular flexibility index (Phi) is 1.96. The lowest BCUT2D eigenvalue weighted by Crippen LogP contribution is -2.07. The molecule has 0 aromatic heterocycles. The molecule has 0 saturated carbocycles. The summed E-state index contributed by atoms with van der Waals surface area (Å²) < 4.78 is 5.35. The van der Waals surface area contributed by atoms with E-state index >= 15 is 0 Å². The predicted octanol–water partition coefficient (Wildman–Crippen LogP) is 2.39. The van der Waals surface area contributed by atoms with Gasteiger partial charge in [-0.15, -0.1) is 0 Å². The van der Waals surface area contributed by atoms with E-state index in [1.807, 2.05) is 0 Å². The molecule has 4 nitrogen and oxygen atoms in total. The lowest BCUT2D eigenvalue weighted by molar-refractivity contribution is -0.384. The normalized spacial score (nSPS) is 14.4. The van der Waals surface area contributed by atoms with Crippen molar-refractivity contribution in [3.8, 4) is 5.75 Å². The highest BCUT2D eigenvalue weighted by atomic mass is 16.6. The van der Waals surface area contributed by atoms with Gasteiger partial charge in [0.25, 0.3) is 5.69 Å². The third kappa shape index (κ3) is 1.35. The summed E-state index contributed by atoms with van der Waals surface area (Å²) in [6.07, 6.45) is 0.730. The zero-order valence-corrected chi connectivity index (χ0v) is 7.53. The van der Waals surface area contributed by atoms with Gasteiger partial charge in [0.15, 0.2) is 0 Å². The molecular weight excluding hydrogens is 182 g/mol. The van der Waals surface area contributed by atoms with E-state index in [4.69, 9.17) is 4.74 Å². The smallest absolute Gasteiger partial charge is 0.270 e. The van der Waals surface area contributed by atoms with E-state index in [1.54, 1.807) is 6.07 Å². The second-order valence-corrected chi connectivity index (χ2v) is 3.14. The van der Waals surface area contributed by atoms with E-state index in [0.717, 1.165) is 17.6 Å². The van der Waals surface area contributed by atoms with Crippen molar-refractivity contribution in [2.24, 2.45) is 0 Å². The minimum Gasteiger partial charge on any atom is -0.493 e. The van der Waals surface area contributed by atoms with E-state index in [2.05, 4.69) is 6.58 Å². The number of non-ortho nitro benzene ring substituents is 1. The third-order valence-corrected chi connectivity index (χ3v) is 2.22. The van der Waals surface area contributed by atoms with Crippen LogP contribution in [0.25, 0.3) is 5.57 Å². The molecular formula is C10H9NO3. The number of hydrogen-bond acceptors (Lipinski definition) is 3. The summed E-state index contributed by atoms with van der Waals surface area (Å²) in [5, 5.41) is 10.5. The number of nitrogens with zero attached hydrogens (tertiary/aromatic N) is 1. The Hall–Kier alpha value is -1.84. The molecule has 1 heterocycles. The molecule has 0 aliphatic carbocycles. The molecule has 14 heavy (non-hydrogen) atoms. The maximum atomic E-state index is 10.5. The molecule has 0 atom stereocenters. The van der Waals surface area contributed by atoms with Gasteiger partial charge in [0.1, 0.15) is 5.75 Å². The highest BCUT2D eigenvalue weighted by Crippen LogP contribution is 2.34. The standard InChI is InChI=1S/C10H9NO3/c1-7-4-5-14-10-3-2-8(11(12)13)6-9(7)10/h2-3,6H,1,4-5H2. The molecule has 0 spiro atoms. The summed E-state index contributed by atoms with van der Waals surface area (Å²) in [5.41, 5.74) is 1.73. The van der Waals surface area contributed by atoms with Crippen molar-refractivity contribution in [1.29, 1.82) is 0 Å². The van der Waals surface area contributed by atoms with Gasteiger partial charge < -0.3 is 4.74 Å². The Labute approximate surface area is 81.0 Å². The van der Waals surface area contributed by atoms with Gasteiger partial charge in [-0.2, -0.15) is 0 Å². The largest absolute Gasteiger partial charge is 0.493 e. The fourth-order valence-electron chi connectivity index (χ4n) is 1.45. The van der Waals surface area contributed by atoms with Crippen molar-refractivity contribution < 1.29 is 9.66 Å². The van der Waals surface area contributed by atoms with Gasteiger partial charge in [0.05, 0.1) is 11.5 Å². The van der Waals surface area contributed by atoms with Crippen LogP contribution < -0.4 is 4.74 Å². The Morgan fingerprint density at radius 1 is 1.50 bits per heavy atom. The summed E-state index contributed by atoms with van der Waals surface area (Å²) in [4.78, 5) is 10.1. The molecule has 1 aromatic carbocycles. The molecule has 1 aromatic rings. The lowest BCUT2D eigenvalue weighted by atomic mass is 10.0. The van der Waals surface area contributed by atoms with Gasteiger partial charge in [-0.1, -0.05) is 6.58 Å². The summed E-state index contributed by atoms with van der Waals surface area (Å²) >= 11 is 0. The van der Waals surface area contributed by atoms with Gasteiger partial charge >= 0.3 is 0 Å². The van der Waals surface area contributed by atoms with Gasteiger partial charge in [-0.25, -0.2) is 0 Å². The first-order valence-corrected chi connectivity index (χ1v) is 4.28. The van der Waals surface area contributed by atoms with E-state index in [-0.39, 0.29) is 5.69 Å². The fourth-order valence-corrected chi connectivity index (χ4v) is 1.45. The Morgan fingerprint density at radius 3 is 3.00 bits per heavy atom. The first-order chi connectivity index (χ1) is 6.68. The Balaban J connectivity index is 2.51. The number of ether oxygens (including phenoxy) is 1. The molecule has 2 rings (SSSR count). The first kappa shape index (κ1) is 8.74. The van der Waals surface area contributed by atoms with Crippen molar-refractivity contribution in [2.45, 2.75) is 6.42 Å². The van der Waals surface area contributed by atoms with Gasteiger partial charge in [0, 0.05) is 24.1 Å². The van der Waals surface area contributed by atoms with Gasteiger partial charge in [-0.05, 0) is 11.6 Å². The number of fused-ring (bicyclic) bond motifs is 1. The van der Waals surface area contributed by atoms with Crippen LogP contribution in [-0.4, -0.2) is 11.5 Å². The molecule has 4 heteroatoms. The first-order valence-electron chi connectivity index (χ1n) is 4.28. The number of nitro groups is 1. The van der Waals surface area contributed by atoms with Crippen LogP contribution in [-0.2, 0) is 0 Å². The quantitative estimate of drug-likeness (QED) is 0.505. The molecule has 0 radical (unpaired) electrons. The topological polar surface area (TPSA) is 52.4 Å². The average Bonchev–Trinajstić information content (AvgIpc) is 2.18. The minimum atomic E-state index is -0.415. The van der Waals surface area contributed by atoms with Crippen molar-refractivity contribution in [3.63, 3.8) is 0 Å². The number of nitro benzene ring substituents is 1. The number of benzene rings is 1. The van der Waals surface area contributed by atoms with E-state index < -0.39 is 4.92 Å². The molecule has 1 aliphatic rings. The minimum absolute atomic E-state index is 0.0791. The van der Waals surface area contributed by atoms with E-state index in [0.29, 0.717) is 12.4 Å². The zero-order valence-electron chi connectivity index (χ0n) is 7.53. The second kappa shape index (κ2) is 3.14. The number of rotatable bonds is 1. The Morgan fingerprint density at radius 2 is 2.29 bits per heavy atom. The summed E-state index contributed by atoms with van der Waals surface area (Å²) in [5.74, 6) is 0.687. The summed E-state index contributed by atoms with van der Waals surface area (Å²) in [6.45, 7) is 4.45. The predicted molar refractivity (Wildman–Crippen MR) is 52.2 cm³/mol. The second-order valence-electron chi connectivity index (χ2n) is 3.14. The van der Waals surface area contributed by atoms with E-state index in [9.17, 15) is 10.1 Å². The van der Waals surface area contributed by atoms with Gasteiger partial charge in [-0.3, -0.25) is 10.1 Å².